The largest absolute Gasteiger partial charge is 0.507 e. The second kappa shape index (κ2) is 9.68. The minimum absolute atomic E-state index is 0.0703. The summed E-state index contributed by atoms with van der Waals surface area (Å²) in [5, 5.41) is 10.5. The van der Waals surface area contributed by atoms with Crippen molar-refractivity contribution in [1.29, 1.82) is 0 Å². The van der Waals surface area contributed by atoms with Gasteiger partial charge in [-0.3, -0.25) is 9.59 Å². The molecule has 0 aliphatic rings. The summed E-state index contributed by atoms with van der Waals surface area (Å²) in [7, 11) is 1.57. The van der Waals surface area contributed by atoms with Gasteiger partial charge in [-0.1, -0.05) is 19.1 Å². The SMILES string of the molecule is CC=O.COc1ccc(-c2coc3cc(CC(C)C(C)=O)cc(O)c3c2=O)cc1. The molecule has 2 aromatic carbocycles. The van der Waals surface area contributed by atoms with Crippen LogP contribution < -0.4 is 10.2 Å². The van der Waals surface area contributed by atoms with Crippen LogP contribution >= 0.6 is 0 Å². The van der Waals surface area contributed by atoms with Crippen molar-refractivity contribution >= 4 is 23.0 Å². The molecule has 3 aromatic rings. The number of Topliss-reactive ketones (excluding diaryl/α,β-unsaturated/α-hetero) is 1. The zero-order valence-electron chi connectivity index (χ0n) is 16.9. The number of rotatable bonds is 5. The fourth-order valence-electron chi connectivity index (χ4n) is 2.87. The van der Waals surface area contributed by atoms with E-state index in [9.17, 15) is 14.7 Å². The number of aromatic hydroxyl groups is 1. The van der Waals surface area contributed by atoms with Crippen LogP contribution in [-0.2, 0) is 16.0 Å². The first-order valence-corrected chi connectivity index (χ1v) is 9.14. The third-order valence-corrected chi connectivity index (χ3v) is 4.55. The molecular formula is C23H24O6. The monoisotopic (exact) mass is 396 g/mol. The number of ether oxygens (including phenoxy) is 1. The molecular weight excluding hydrogens is 372 g/mol. The maximum atomic E-state index is 12.8. The van der Waals surface area contributed by atoms with E-state index in [1.165, 1.54) is 26.2 Å². The Hall–Kier alpha value is -3.41. The van der Waals surface area contributed by atoms with Crippen LogP contribution in [0.15, 0.2) is 51.9 Å². The van der Waals surface area contributed by atoms with Gasteiger partial charge in [0.05, 0.1) is 12.7 Å². The first kappa shape index (κ1) is 21.9. The summed E-state index contributed by atoms with van der Waals surface area (Å²) in [6.45, 7) is 4.80. The lowest BCUT2D eigenvalue weighted by Gasteiger charge is -2.10. The molecule has 1 atom stereocenters. The number of fused-ring (bicyclic) bond motifs is 1. The van der Waals surface area contributed by atoms with E-state index in [-0.39, 0.29) is 28.3 Å². The highest BCUT2D eigenvalue weighted by Gasteiger charge is 2.16. The van der Waals surface area contributed by atoms with Gasteiger partial charge in [-0.25, -0.2) is 0 Å². The molecule has 1 aromatic heterocycles. The zero-order chi connectivity index (χ0) is 21.6. The minimum Gasteiger partial charge on any atom is -0.507 e. The first-order valence-electron chi connectivity index (χ1n) is 9.14. The van der Waals surface area contributed by atoms with Gasteiger partial charge in [0, 0.05) is 5.92 Å². The number of benzene rings is 2. The van der Waals surface area contributed by atoms with Crippen LogP contribution in [0.2, 0.25) is 0 Å². The van der Waals surface area contributed by atoms with Gasteiger partial charge in [-0.15, -0.1) is 0 Å². The number of aldehydes is 1. The van der Waals surface area contributed by atoms with Gasteiger partial charge in [0.1, 0.15) is 40.8 Å². The van der Waals surface area contributed by atoms with Gasteiger partial charge in [0.2, 0.25) is 5.43 Å². The van der Waals surface area contributed by atoms with Crippen molar-refractivity contribution < 1.29 is 23.8 Å². The van der Waals surface area contributed by atoms with E-state index in [1.54, 1.807) is 37.4 Å². The van der Waals surface area contributed by atoms with Crippen LogP contribution in [-0.4, -0.2) is 24.3 Å². The Morgan fingerprint density at radius 3 is 2.41 bits per heavy atom. The van der Waals surface area contributed by atoms with Gasteiger partial charge in [-0.05, 0) is 55.7 Å². The standard InChI is InChI=1S/C21H20O5.C2H4O/c1-12(13(2)22)8-14-9-18(23)20-19(10-14)26-11-17(21(20)24)15-4-6-16(25-3)7-5-15;1-2-3/h4-7,9-12,23H,8H2,1-3H3;2H,1H3. The van der Waals surface area contributed by atoms with Gasteiger partial charge in [-0.2, -0.15) is 0 Å². The molecule has 0 amide bonds. The molecule has 152 valence electrons. The lowest BCUT2D eigenvalue weighted by atomic mass is 9.96. The van der Waals surface area contributed by atoms with E-state index >= 15 is 0 Å². The van der Waals surface area contributed by atoms with Crippen LogP contribution in [0, 0.1) is 5.92 Å². The number of phenolic OH excluding ortho intramolecular Hbond substituents is 1. The van der Waals surface area contributed by atoms with Gasteiger partial charge >= 0.3 is 0 Å². The Bertz CT molecular complexity index is 1060. The lowest BCUT2D eigenvalue weighted by molar-refractivity contribution is -0.120. The van der Waals surface area contributed by atoms with Crippen LogP contribution in [0.1, 0.15) is 26.3 Å². The van der Waals surface area contributed by atoms with E-state index in [0.717, 1.165) is 11.8 Å². The molecule has 0 fully saturated rings. The van der Waals surface area contributed by atoms with Crippen molar-refractivity contribution in [3.05, 3.63) is 58.4 Å². The highest BCUT2D eigenvalue weighted by Crippen LogP contribution is 2.28. The molecule has 6 heteroatoms. The molecule has 29 heavy (non-hydrogen) atoms. The summed E-state index contributed by atoms with van der Waals surface area (Å²) in [5.74, 6) is 0.446. The zero-order valence-corrected chi connectivity index (χ0v) is 16.9. The molecule has 1 N–H and O–H groups in total. The minimum atomic E-state index is -0.305. The fraction of sp³-hybridized carbons (Fsp3) is 0.261. The average molecular weight is 396 g/mol. The number of carbonyl (C=O) groups is 2. The Morgan fingerprint density at radius 1 is 1.24 bits per heavy atom. The number of hydrogen-bond acceptors (Lipinski definition) is 6. The quantitative estimate of drug-likeness (QED) is 0.651. The Kier molecular flexibility index (Phi) is 7.31. The number of hydrogen-bond donors (Lipinski definition) is 1. The molecule has 1 unspecified atom stereocenters. The Labute approximate surface area is 168 Å². The molecule has 0 radical (unpaired) electrons. The molecule has 0 aliphatic heterocycles. The van der Waals surface area contributed by atoms with Crippen molar-refractivity contribution in [1.82, 2.24) is 0 Å². The van der Waals surface area contributed by atoms with Crippen LogP contribution in [0.3, 0.4) is 0 Å². The highest BCUT2D eigenvalue weighted by atomic mass is 16.5. The van der Waals surface area contributed by atoms with E-state index < -0.39 is 0 Å². The topological polar surface area (TPSA) is 93.8 Å². The predicted octanol–water partition coefficient (Wildman–Crippen LogP) is 4.15. The molecule has 0 bridgehead atoms. The van der Waals surface area contributed by atoms with Gasteiger partial charge in [0.25, 0.3) is 0 Å². The molecule has 3 rings (SSSR count). The van der Waals surface area contributed by atoms with Crippen molar-refractivity contribution in [2.75, 3.05) is 7.11 Å². The smallest absolute Gasteiger partial charge is 0.204 e. The van der Waals surface area contributed by atoms with Crippen molar-refractivity contribution in [2.24, 2.45) is 5.92 Å². The van der Waals surface area contributed by atoms with E-state index in [2.05, 4.69) is 0 Å². The van der Waals surface area contributed by atoms with Crippen LogP contribution in [0.4, 0.5) is 0 Å². The summed E-state index contributed by atoms with van der Waals surface area (Å²) >= 11 is 0. The van der Waals surface area contributed by atoms with Crippen molar-refractivity contribution in [3.63, 3.8) is 0 Å². The number of methoxy groups -OCH3 is 1. The van der Waals surface area contributed by atoms with Gasteiger partial charge in [0.15, 0.2) is 0 Å². The normalized spacial score (nSPS) is 11.3. The summed E-state index contributed by atoms with van der Waals surface area (Å²) in [6.07, 6.45) is 2.62. The molecule has 0 saturated carbocycles. The second-order valence-electron chi connectivity index (χ2n) is 6.65. The Balaban J connectivity index is 0.000000941. The number of carbonyl (C=O) groups excluding carboxylic acids is 2. The maximum Gasteiger partial charge on any atom is 0.204 e. The summed E-state index contributed by atoms with van der Waals surface area (Å²) < 4.78 is 10.7. The third-order valence-electron chi connectivity index (χ3n) is 4.55. The number of ketones is 1. The lowest BCUT2D eigenvalue weighted by Crippen LogP contribution is -2.10. The average Bonchev–Trinajstić information content (AvgIpc) is 2.68. The second-order valence-corrected chi connectivity index (χ2v) is 6.65. The molecule has 6 nitrogen and oxygen atoms in total. The Morgan fingerprint density at radius 2 is 1.86 bits per heavy atom. The van der Waals surface area contributed by atoms with Crippen LogP contribution in [0.5, 0.6) is 11.5 Å². The molecule has 0 aliphatic carbocycles. The molecule has 1 heterocycles. The fourth-order valence-corrected chi connectivity index (χ4v) is 2.87. The predicted molar refractivity (Wildman–Crippen MR) is 111 cm³/mol. The van der Waals surface area contributed by atoms with Gasteiger partial charge < -0.3 is 19.1 Å². The summed E-state index contributed by atoms with van der Waals surface area (Å²) in [4.78, 5) is 33.1. The van der Waals surface area contributed by atoms with E-state index in [0.29, 0.717) is 28.9 Å². The maximum absolute atomic E-state index is 12.8. The van der Waals surface area contributed by atoms with Crippen molar-refractivity contribution in [2.45, 2.75) is 27.2 Å². The third kappa shape index (κ3) is 5.10. The van der Waals surface area contributed by atoms with E-state index in [4.69, 9.17) is 13.9 Å². The van der Waals surface area contributed by atoms with Crippen LogP contribution in [0.25, 0.3) is 22.1 Å². The molecule has 0 saturated heterocycles. The summed E-state index contributed by atoms with van der Waals surface area (Å²) in [5.41, 5.74) is 1.78. The summed E-state index contributed by atoms with van der Waals surface area (Å²) in [6, 6.07) is 10.3. The van der Waals surface area contributed by atoms with E-state index in [1.807, 2.05) is 6.92 Å². The van der Waals surface area contributed by atoms with Crippen molar-refractivity contribution in [3.8, 4) is 22.6 Å². The number of phenols is 1. The first-order chi connectivity index (χ1) is 13.8. The molecule has 0 spiro atoms. The highest BCUT2D eigenvalue weighted by molar-refractivity contribution is 5.87.